The molecule has 0 spiro atoms. The number of amides is 1. The molecule has 3 aromatic carbocycles. The summed E-state index contributed by atoms with van der Waals surface area (Å²) in [5.41, 5.74) is 5.10. The molecule has 0 radical (unpaired) electrons. The largest absolute Gasteiger partial charge is 0.480 e. The zero-order chi connectivity index (χ0) is 25.2. The molecule has 1 amide bonds. The summed E-state index contributed by atoms with van der Waals surface area (Å²) < 4.78 is 5.90. The number of halogens is 1. The molecule has 0 saturated heterocycles. The van der Waals surface area contributed by atoms with Gasteiger partial charge in [0.25, 0.3) is 5.91 Å². The number of carbonyl (C=O) groups is 2. The van der Waals surface area contributed by atoms with Gasteiger partial charge in [0.05, 0.1) is 13.2 Å². The van der Waals surface area contributed by atoms with Gasteiger partial charge < -0.3 is 15.2 Å². The van der Waals surface area contributed by atoms with Gasteiger partial charge in [-0.15, -0.1) is 0 Å². The van der Waals surface area contributed by atoms with Gasteiger partial charge in [0.15, 0.2) is 0 Å². The van der Waals surface area contributed by atoms with E-state index in [9.17, 15) is 14.7 Å². The smallest absolute Gasteiger partial charge is 0.326 e. The fourth-order valence-corrected chi connectivity index (χ4v) is 4.48. The maximum Gasteiger partial charge on any atom is 0.326 e. The molecule has 0 saturated carbocycles. The maximum atomic E-state index is 13.2. The van der Waals surface area contributed by atoms with E-state index in [1.165, 1.54) is 0 Å². The first kappa shape index (κ1) is 26.8. The predicted molar refractivity (Wildman–Crippen MR) is 143 cm³/mol. The third-order valence-corrected chi connectivity index (χ3v) is 6.73. The van der Waals surface area contributed by atoms with Crippen molar-refractivity contribution in [3.05, 3.63) is 94.0 Å². The van der Waals surface area contributed by atoms with Crippen LogP contribution in [0.1, 0.15) is 33.5 Å². The van der Waals surface area contributed by atoms with Crippen molar-refractivity contribution in [2.75, 3.05) is 18.6 Å². The number of nitrogens with one attached hydrogen (secondary N) is 1. The molecule has 0 fully saturated rings. The molecule has 3 rings (SSSR count). The molecule has 0 aliphatic carbocycles. The van der Waals surface area contributed by atoms with Crippen molar-refractivity contribution in [2.45, 2.75) is 32.4 Å². The highest BCUT2D eigenvalue weighted by atomic mass is 35.5. The molecule has 5 nitrogen and oxygen atoms in total. The Morgan fingerprint density at radius 3 is 2.51 bits per heavy atom. The maximum absolute atomic E-state index is 13.2. The first-order valence-corrected chi connectivity index (χ1v) is 13.2. The molecule has 1 unspecified atom stereocenters. The van der Waals surface area contributed by atoms with Crippen LogP contribution in [0.4, 0.5) is 0 Å². The lowest BCUT2D eigenvalue weighted by Crippen LogP contribution is -2.41. The van der Waals surface area contributed by atoms with Gasteiger partial charge in [-0.25, -0.2) is 4.79 Å². The van der Waals surface area contributed by atoms with Crippen molar-refractivity contribution in [1.29, 1.82) is 0 Å². The predicted octanol–water partition coefficient (Wildman–Crippen LogP) is 6.01. The van der Waals surface area contributed by atoms with E-state index in [0.29, 0.717) is 37.4 Å². The van der Waals surface area contributed by atoms with Gasteiger partial charge in [-0.1, -0.05) is 60.1 Å². The topological polar surface area (TPSA) is 75.6 Å². The third-order valence-electron chi connectivity index (χ3n) is 5.72. The molecule has 0 heterocycles. The van der Waals surface area contributed by atoms with Crippen molar-refractivity contribution >= 4 is 35.2 Å². The number of carboxylic acids is 1. The second kappa shape index (κ2) is 13.3. The molecule has 0 aliphatic rings. The molecule has 3 aromatic rings. The van der Waals surface area contributed by atoms with Crippen LogP contribution in [0.5, 0.6) is 0 Å². The van der Waals surface area contributed by atoms with E-state index in [1.807, 2.05) is 73.8 Å². The summed E-state index contributed by atoms with van der Waals surface area (Å²) in [6.45, 7) is 2.89. The molecule has 0 aliphatic heterocycles. The van der Waals surface area contributed by atoms with Crippen LogP contribution < -0.4 is 5.32 Å². The van der Waals surface area contributed by atoms with Crippen LogP contribution in [0.3, 0.4) is 0 Å². The Balaban J connectivity index is 1.79. The summed E-state index contributed by atoms with van der Waals surface area (Å²) >= 11 is 7.77. The number of aliphatic carboxylic acids is 1. The molecule has 35 heavy (non-hydrogen) atoms. The second-order valence-corrected chi connectivity index (χ2v) is 9.63. The SMILES string of the molecule is CSCCC(NC(=O)c1ccc(COCCc2ccccc2Cl)cc1-c1ccccc1C)C(=O)O. The van der Waals surface area contributed by atoms with Gasteiger partial charge in [-0.3, -0.25) is 4.79 Å². The zero-order valence-corrected chi connectivity index (χ0v) is 21.5. The lowest BCUT2D eigenvalue weighted by molar-refractivity contribution is -0.139. The number of hydrogen-bond donors (Lipinski definition) is 2. The van der Waals surface area contributed by atoms with Gasteiger partial charge in [0.2, 0.25) is 0 Å². The molecule has 7 heteroatoms. The number of thioether (sulfide) groups is 1. The number of hydrogen-bond acceptors (Lipinski definition) is 4. The molecular formula is C28H30ClNO4S. The lowest BCUT2D eigenvalue weighted by atomic mass is 9.93. The van der Waals surface area contributed by atoms with Gasteiger partial charge in [-0.2, -0.15) is 11.8 Å². The van der Waals surface area contributed by atoms with E-state index in [2.05, 4.69) is 5.32 Å². The number of ether oxygens (including phenoxy) is 1. The Bertz CT molecular complexity index is 1170. The molecular weight excluding hydrogens is 482 g/mol. The monoisotopic (exact) mass is 511 g/mol. The number of aryl methyl sites for hydroxylation is 1. The van der Waals surface area contributed by atoms with E-state index in [1.54, 1.807) is 17.8 Å². The molecule has 2 N–H and O–H groups in total. The minimum Gasteiger partial charge on any atom is -0.480 e. The van der Waals surface area contributed by atoms with Crippen molar-refractivity contribution < 1.29 is 19.4 Å². The molecule has 0 bridgehead atoms. The quantitative estimate of drug-likeness (QED) is 0.291. The summed E-state index contributed by atoms with van der Waals surface area (Å²) in [6, 6.07) is 20.1. The number of benzene rings is 3. The normalized spacial score (nSPS) is 11.7. The second-order valence-electron chi connectivity index (χ2n) is 8.23. The minimum absolute atomic E-state index is 0.360. The fourth-order valence-electron chi connectivity index (χ4n) is 3.78. The molecule has 0 aromatic heterocycles. The highest BCUT2D eigenvalue weighted by molar-refractivity contribution is 7.98. The van der Waals surface area contributed by atoms with Crippen molar-refractivity contribution in [2.24, 2.45) is 0 Å². The highest BCUT2D eigenvalue weighted by Gasteiger charge is 2.22. The average Bonchev–Trinajstić information content (AvgIpc) is 2.85. The van der Waals surface area contributed by atoms with Crippen LogP contribution >= 0.6 is 23.4 Å². The average molecular weight is 512 g/mol. The first-order chi connectivity index (χ1) is 16.9. The summed E-state index contributed by atoms with van der Waals surface area (Å²) in [6.07, 6.45) is 2.98. The number of carbonyl (C=O) groups excluding carboxylic acids is 1. The van der Waals surface area contributed by atoms with Crippen LogP contribution in [0.25, 0.3) is 11.1 Å². The van der Waals surface area contributed by atoms with E-state index >= 15 is 0 Å². The Labute approximate surface area is 215 Å². The van der Waals surface area contributed by atoms with Gasteiger partial charge in [0, 0.05) is 10.6 Å². The Hall–Kier alpha value is -2.80. The Morgan fingerprint density at radius 2 is 1.80 bits per heavy atom. The summed E-state index contributed by atoms with van der Waals surface area (Å²) in [5, 5.41) is 13.0. The van der Waals surface area contributed by atoms with Crippen molar-refractivity contribution in [1.82, 2.24) is 5.32 Å². The summed E-state index contributed by atoms with van der Waals surface area (Å²) in [7, 11) is 0. The summed E-state index contributed by atoms with van der Waals surface area (Å²) in [5.74, 6) is -0.789. The van der Waals surface area contributed by atoms with Crippen molar-refractivity contribution in [3.8, 4) is 11.1 Å². The van der Waals surface area contributed by atoms with E-state index in [4.69, 9.17) is 16.3 Å². The highest BCUT2D eigenvalue weighted by Crippen LogP contribution is 2.29. The van der Waals surface area contributed by atoms with E-state index < -0.39 is 17.9 Å². The fraction of sp³-hybridized carbons (Fsp3) is 0.286. The first-order valence-electron chi connectivity index (χ1n) is 11.4. The lowest BCUT2D eigenvalue weighted by Gasteiger charge is -2.18. The van der Waals surface area contributed by atoms with Crippen LogP contribution in [-0.4, -0.2) is 41.6 Å². The minimum atomic E-state index is -1.03. The number of rotatable bonds is 12. The van der Waals surface area contributed by atoms with Crippen LogP contribution in [0, 0.1) is 6.92 Å². The van der Waals surface area contributed by atoms with Gasteiger partial charge in [0.1, 0.15) is 6.04 Å². The van der Waals surface area contributed by atoms with Crippen molar-refractivity contribution in [3.63, 3.8) is 0 Å². The standard InChI is InChI=1S/C28H30ClNO4S/c1-19-7-3-5-9-22(19)24-17-20(18-34-15-13-21-8-4-6-10-25(21)29)11-12-23(24)27(31)30-26(28(32)33)14-16-35-2/h3-12,17,26H,13-16,18H2,1-2H3,(H,30,31)(H,32,33). The summed E-state index contributed by atoms with van der Waals surface area (Å²) in [4.78, 5) is 24.8. The Kier molecular flexibility index (Phi) is 10.2. The molecule has 184 valence electrons. The van der Waals surface area contributed by atoms with Crippen LogP contribution in [-0.2, 0) is 22.6 Å². The number of carboxylic acid groups (broad SMARTS) is 1. The van der Waals surface area contributed by atoms with E-state index in [-0.39, 0.29) is 0 Å². The van der Waals surface area contributed by atoms with Gasteiger partial charge in [-0.05, 0) is 77.8 Å². The van der Waals surface area contributed by atoms with Gasteiger partial charge >= 0.3 is 5.97 Å². The zero-order valence-electron chi connectivity index (χ0n) is 19.9. The third kappa shape index (κ3) is 7.59. The van der Waals surface area contributed by atoms with Crippen LogP contribution in [0.2, 0.25) is 5.02 Å². The van der Waals surface area contributed by atoms with Crippen LogP contribution in [0.15, 0.2) is 66.7 Å². The Morgan fingerprint density at radius 1 is 1.06 bits per heavy atom. The van der Waals surface area contributed by atoms with E-state index in [0.717, 1.165) is 32.8 Å². The molecule has 1 atom stereocenters.